The maximum atomic E-state index is 13.7. The zero-order chi connectivity index (χ0) is 22.0. The molecule has 5 heteroatoms. The predicted octanol–water partition coefficient (Wildman–Crippen LogP) is 5.56. The number of nitrogens with one attached hydrogen (secondary N) is 1. The Balaban J connectivity index is 1.77. The van der Waals surface area contributed by atoms with E-state index in [4.69, 9.17) is 0 Å². The highest BCUT2D eigenvalue weighted by Gasteiger charge is 2.44. The fraction of sp³-hybridized carbons (Fsp3) is 0.308. The number of fused-ring (bicyclic) bond motifs is 1. The molecule has 0 fully saturated rings. The van der Waals surface area contributed by atoms with Gasteiger partial charge < -0.3 is 10.2 Å². The molecule has 4 nitrogen and oxygen atoms in total. The van der Waals surface area contributed by atoms with Crippen molar-refractivity contribution in [2.75, 3.05) is 6.54 Å². The van der Waals surface area contributed by atoms with E-state index < -0.39 is 5.92 Å². The highest BCUT2D eigenvalue weighted by Crippen LogP contribution is 2.44. The zero-order valence-electron chi connectivity index (χ0n) is 18.1. The Morgan fingerprint density at radius 2 is 1.71 bits per heavy atom. The van der Waals surface area contributed by atoms with Crippen LogP contribution in [0.2, 0.25) is 0 Å². The monoisotopic (exact) mass is 432 g/mol. The molecule has 0 saturated heterocycles. The minimum atomic E-state index is -0.461. The number of carbonyl (C=O) groups is 2. The number of hydrogen-bond acceptors (Lipinski definition) is 3. The minimum Gasteiger partial charge on any atom is -0.349 e. The van der Waals surface area contributed by atoms with Gasteiger partial charge in [0.05, 0.1) is 18.0 Å². The first-order valence-electron chi connectivity index (χ1n) is 10.8. The van der Waals surface area contributed by atoms with Gasteiger partial charge in [0.2, 0.25) is 5.91 Å². The van der Waals surface area contributed by atoms with Crippen molar-refractivity contribution in [1.82, 2.24) is 10.2 Å². The standard InChI is InChI=1S/C26H28N2O2S/c1-17(2)16-28-24(22-14-9-15-31-22)23(20-12-7-8-13-21(20)26(28)30)25(29)27-18(3)19-10-5-4-6-11-19/h4-15,17-18,23-24H,16H2,1-3H3,(H,27,29). The summed E-state index contributed by atoms with van der Waals surface area (Å²) in [6.07, 6.45) is 0. The molecule has 0 radical (unpaired) electrons. The number of thiophene rings is 1. The summed E-state index contributed by atoms with van der Waals surface area (Å²) in [7, 11) is 0. The van der Waals surface area contributed by atoms with Gasteiger partial charge in [-0.3, -0.25) is 9.59 Å². The Morgan fingerprint density at radius 3 is 2.39 bits per heavy atom. The maximum Gasteiger partial charge on any atom is 0.254 e. The first-order chi connectivity index (χ1) is 15.0. The first kappa shape index (κ1) is 21.3. The van der Waals surface area contributed by atoms with E-state index >= 15 is 0 Å². The van der Waals surface area contributed by atoms with E-state index in [9.17, 15) is 9.59 Å². The Bertz CT molecular complexity index is 1050. The molecule has 0 aliphatic carbocycles. The van der Waals surface area contributed by atoms with E-state index in [1.807, 2.05) is 83.9 Å². The van der Waals surface area contributed by atoms with Crippen LogP contribution in [0.25, 0.3) is 0 Å². The second-order valence-electron chi connectivity index (χ2n) is 8.52. The molecule has 4 rings (SSSR count). The van der Waals surface area contributed by atoms with Crippen LogP contribution >= 0.6 is 11.3 Å². The van der Waals surface area contributed by atoms with Gasteiger partial charge in [0.15, 0.2) is 0 Å². The van der Waals surface area contributed by atoms with E-state index in [0.717, 1.165) is 16.0 Å². The fourth-order valence-corrected chi connectivity index (χ4v) is 5.25. The number of rotatable bonds is 6. The van der Waals surface area contributed by atoms with Gasteiger partial charge in [0.1, 0.15) is 0 Å². The number of carbonyl (C=O) groups excluding carboxylic acids is 2. The highest BCUT2D eigenvalue weighted by atomic mass is 32.1. The summed E-state index contributed by atoms with van der Waals surface area (Å²) in [6.45, 7) is 6.81. The number of amides is 2. The number of hydrogen-bond donors (Lipinski definition) is 1. The summed E-state index contributed by atoms with van der Waals surface area (Å²) in [5.41, 5.74) is 2.50. The van der Waals surface area contributed by atoms with Gasteiger partial charge in [-0.1, -0.05) is 68.4 Å². The lowest BCUT2D eigenvalue weighted by Gasteiger charge is -2.42. The molecule has 2 aromatic carbocycles. The molecule has 1 aliphatic rings. The molecule has 1 N–H and O–H groups in total. The van der Waals surface area contributed by atoms with Crippen LogP contribution in [0.3, 0.4) is 0 Å². The molecule has 2 amide bonds. The molecule has 3 unspecified atom stereocenters. The molecule has 1 aromatic heterocycles. The molecule has 31 heavy (non-hydrogen) atoms. The average Bonchev–Trinajstić information content (AvgIpc) is 3.30. The predicted molar refractivity (Wildman–Crippen MR) is 125 cm³/mol. The maximum absolute atomic E-state index is 13.7. The summed E-state index contributed by atoms with van der Waals surface area (Å²) < 4.78 is 0. The van der Waals surface area contributed by atoms with Crippen molar-refractivity contribution in [3.05, 3.63) is 93.7 Å². The van der Waals surface area contributed by atoms with Crippen molar-refractivity contribution in [2.24, 2.45) is 5.92 Å². The molecular formula is C26H28N2O2S. The van der Waals surface area contributed by atoms with E-state index in [1.54, 1.807) is 11.3 Å². The van der Waals surface area contributed by atoms with Crippen molar-refractivity contribution < 1.29 is 9.59 Å². The summed E-state index contributed by atoms with van der Waals surface area (Å²) in [4.78, 5) is 30.1. The third-order valence-electron chi connectivity index (χ3n) is 5.78. The van der Waals surface area contributed by atoms with Crippen molar-refractivity contribution >= 4 is 23.2 Å². The highest BCUT2D eigenvalue weighted by molar-refractivity contribution is 7.10. The number of nitrogens with zero attached hydrogens (tertiary/aromatic N) is 1. The third-order valence-corrected chi connectivity index (χ3v) is 6.72. The lowest BCUT2D eigenvalue weighted by atomic mass is 9.81. The molecule has 2 heterocycles. The molecule has 1 aliphatic heterocycles. The zero-order valence-corrected chi connectivity index (χ0v) is 18.9. The van der Waals surface area contributed by atoms with E-state index in [-0.39, 0.29) is 23.9 Å². The van der Waals surface area contributed by atoms with E-state index in [0.29, 0.717) is 18.0 Å². The van der Waals surface area contributed by atoms with Crippen LogP contribution in [0.1, 0.15) is 65.1 Å². The van der Waals surface area contributed by atoms with Crippen molar-refractivity contribution in [3.8, 4) is 0 Å². The molecule has 160 valence electrons. The molecule has 0 bridgehead atoms. The molecule has 3 aromatic rings. The summed E-state index contributed by atoms with van der Waals surface area (Å²) >= 11 is 1.60. The second kappa shape index (κ2) is 9.06. The quantitative estimate of drug-likeness (QED) is 0.554. The Kier molecular flexibility index (Phi) is 6.23. The third kappa shape index (κ3) is 4.28. The number of benzene rings is 2. The van der Waals surface area contributed by atoms with Gasteiger partial charge in [-0.25, -0.2) is 0 Å². The van der Waals surface area contributed by atoms with Gasteiger partial charge in [-0.2, -0.15) is 0 Å². The van der Waals surface area contributed by atoms with E-state index in [1.165, 1.54) is 0 Å². The smallest absolute Gasteiger partial charge is 0.254 e. The first-order valence-corrected chi connectivity index (χ1v) is 11.6. The Hall–Kier alpha value is -2.92. The van der Waals surface area contributed by atoms with Gasteiger partial charge in [0, 0.05) is 17.0 Å². The summed E-state index contributed by atoms with van der Waals surface area (Å²) in [6, 6.07) is 21.1. The Morgan fingerprint density at radius 1 is 1.00 bits per heavy atom. The summed E-state index contributed by atoms with van der Waals surface area (Å²) in [5, 5.41) is 5.22. The second-order valence-corrected chi connectivity index (χ2v) is 9.50. The normalized spacial score (nSPS) is 19.2. The average molecular weight is 433 g/mol. The largest absolute Gasteiger partial charge is 0.349 e. The molecule has 3 atom stereocenters. The lowest BCUT2D eigenvalue weighted by Crippen LogP contribution is -2.48. The van der Waals surface area contributed by atoms with Gasteiger partial charge in [0.25, 0.3) is 5.91 Å². The van der Waals surface area contributed by atoms with Gasteiger partial charge in [-0.05, 0) is 41.5 Å². The fourth-order valence-electron chi connectivity index (χ4n) is 4.37. The van der Waals surface area contributed by atoms with Crippen LogP contribution in [0, 0.1) is 5.92 Å². The van der Waals surface area contributed by atoms with Crippen molar-refractivity contribution in [2.45, 2.75) is 38.8 Å². The molecule has 0 spiro atoms. The Labute approximate surface area is 187 Å². The lowest BCUT2D eigenvalue weighted by molar-refractivity contribution is -0.125. The van der Waals surface area contributed by atoms with Gasteiger partial charge in [-0.15, -0.1) is 11.3 Å². The van der Waals surface area contributed by atoms with Crippen LogP contribution in [0.4, 0.5) is 0 Å². The van der Waals surface area contributed by atoms with E-state index in [2.05, 4.69) is 19.2 Å². The van der Waals surface area contributed by atoms with Crippen LogP contribution in [0.5, 0.6) is 0 Å². The van der Waals surface area contributed by atoms with Crippen LogP contribution < -0.4 is 5.32 Å². The van der Waals surface area contributed by atoms with Gasteiger partial charge >= 0.3 is 0 Å². The van der Waals surface area contributed by atoms with Crippen LogP contribution in [0.15, 0.2) is 72.1 Å². The SMILES string of the molecule is CC(C)CN1C(=O)c2ccccc2C(C(=O)NC(C)c2ccccc2)C1c1cccs1. The summed E-state index contributed by atoms with van der Waals surface area (Å²) in [5.74, 6) is -0.215. The van der Waals surface area contributed by atoms with Crippen molar-refractivity contribution in [3.63, 3.8) is 0 Å². The van der Waals surface area contributed by atoms with Crippen LogP contribution in [-0.2, 0) is 4.79 Å². The molecule has 0 saturated carbocycles. The topological polar surface area (TPSA) is 49.4 Å². The molecular weight excluding hydrogens is 404 g/mol. The minimum absolute atomic E-state index is 0.00265. The van der Waals surface area contributed by atoms with Crippen molar-refractivity contribution in [1.29, 1.82) is 0 Å². The van der Waals surface area contributed by atoms with Crippen LogP contribution in [-0.4, -0.2) is 23.3 Å².